The van der Waals surface area contributed by atoms with E-state index in [1.165, 1.54) is 0 Å². The lowest BCUT2D eigenvalue weighted by molar-refractivity contribution is 0.0910. The van der Waals surface area contributed by atoms with Gasteiger partial charge in [0, 0.05) is 5.88 Å². The van der Waals surface area contributed by atoms with Gasteiger partial charge in [-0.25, -0.2) is 13.1 Å². The smallest absolute Gasteiger partial charge is 0.214 e. The Bertz CT molecular complexity index is 504. The third-order valence-corrected chi connectivity index (χ3v) is 4.86. The molecule has 0 aliphatic carbocycles. The zero-order valence-corrected chi connectivity index (χ0v) is 13.7. The van der Waals surface area contributed by atoms with Crippen molar-refractivity contribution in [3.05, 3.63) is 35.9 Å². The van der Waals surface area contributed by atoms with Gasteiger partial charge in [0.05, 0.1) is 24.0 Å². The Kier molecular flexibility index (Phi) is 6.45. The average molecular weight is 320 g/mol. The molecule has 0 heterocycles. The minimum absolute atomic E-state index is 0.0127. The molecule has 0 fully saturated rings. The molecule has 1 rings (SSSR count). The van der Waals surface area contributed by atoms with E-state index in [4.69, 9.17) is 16.3 Å². The zero-order valence-electron chi connectivity index (χ0n) is 12.1. The van der Waals surface area contributed by atoms with Gasteiger partial charge in [-0.15, -0.1) is 11.6 Å². The van der Waals surface area contributed by atoms with E-state index >= 15 is 0 Å². The van der Waals surface area contributed by atoms with Crippen LogP contribution in [-0.2, 0) is 20.3 Å². The minimum Gasteiger partial charge on any atom is -0.378 e. The molecule has 1 aromatic rings. The second-order valence-electron chi connectivity index (χ2n) is 5.17. The summed E-state index contributed by atoms with van der Waals surface area (Å²) in [5.41, 5.74) is 0.0165. The van der Waals surface area contributed by atoms with Crippen LogP contribution in [0.1, 0.15) is 26.3 Å². The number of ether oxygens (including phenoxy) is 1. The molecule has 114 valence electrons. The van der Waals surface area contributed by atoms with E-state index in [0.717, 1.165) is 5.56 Å². The lowest BCUT2D eigenvalue weighted by Gasteiger charge is -2.29. The largest absolute Gasteiger partial charge is 0.378 e. The molecule has 0 aromatic heterocycles. The van der Waals surface area contributed by atoms with Gasteiger partial charge < -0.3 is 4.74 Å². The molecule has 0 saturated carbocycles. The molecular weight excluding hydrogens is 298 g/mol. The van der Waals surface area contributed by atoms with Crippen molar-refractivity contribution in [2.45, 2.75) is 32.4 Å². The molecule has 4 nitrogen and oxygen atoms in total. The van der Waals surface area contributed by atoms with Gasteiger partial charge in [0.1, 0.15) is 0 Å². The number of halogens is 1. The van der Waals surface area contributed by atoms with E-state index in [1.54, 1.807) is 6.92 Å². The SMILES string of the molecule is CC(C)OCCS(=O)(=O)NC(C)(CCl)c1ccccc1. The third kappa shape index (κ3) is 5.40. The first-order valence-electron chi connectivity index (χ1n) is 6.54. The molecule has 1 N–H and O–H groups in total. The molecule has 0 amide bonds. The lowest BCUT2D eigenvalue weighted by atomic mass is 9.96. The van der Waals surface area contributed by atoms with Crippen LogP contribution in [0.5, 0.6) is 0 Å². The Hall–Kier alpha value is -0.620. The summed E-state index contributed by atoms with van der Waals surface area (Å²) in [5.74, 6) is 0.0752. The van der Waals surface area contributed by atoms with Gasteiger partial charge >= 0.3 is 0 Å². The zero-order chi connectivity index (χ0) is 15.2. The van der Waals surface area contributed by atoms with Gasteiger partial charge in [0.2, 0.25) is 10.0 Å². The summed E-state index contributed by atoms with van der Waals surface area (Å²) in [6, 6.07) is 9.31. The van der Waals surface area contributed by atoms with Crippen molar-refractivity contribution in [1.29, 1.82) is 0 Å². The Labute approximate surface area is 126 Å². The second kappa shape index (κ2) is 7.41. The standard InChI is InChI=1S/C14H22ClNO3S/c1-12(2)19-9-10-20(17,18)16-14(3,11-15)13-7-5-4-6-8-13/h4-8,12,16H,9-11H2,1-3H3. The molecule has 20 heavy (non-hydrogen) atoms. The first-order chi connectivity index (χ1) is 9.29. The van der Waals surface area contributed by atoms with Crippen molar-refractivity contribution >= 4 is 21.6 Å². The van der Waals surface area contributed by atoms with Crippen LogP contribution in [0.15, 0.2) is 30.3 Å². The molecule has 6 heteroatoms. The average Bonchev–Trinajstić information content (AvgIpc) is 2.38. The lowest BCUT2D eigenvalue weighted by Crippen LogP contribution is -2.46. The van der Waals surface area contributed by atoms with Crippen LogP contribution in [-0.4, -0.2) is 32.8 Å². The molecular formula is C14H22ClNO3S. The highest BCUT2D eigenvalue weighted by Gasteiger charge is 2.30. The number of sulfonamides is 1. The van der Waals surface area contributed by atoms with E-state index in [0.29, 0.717) is 0 Å². The molecule has 0 radical (unpaired) electrons. The molecule has 0 saturated heterocycles. The Morgan fingerprint density at radius 3 is 2.40 bits per heavy atom. The number of nitrogens with one attached hydrogen (secondary N) is 1. The quantitative estimate of drug-likeness (QED) is 0.749. The number of benzene rings is 1. The van der Waals surface area contributed by atoms with Crippen LogP contribution in [0.4, 0.5) is 0 Å². The van der Waals surface area contributed by atoms with Crippen molar-refractivity contribution in [3.63, 3.8) is 0 Å². The molecule has 0 aliphatic heterocycles. The summed E-state index contributed by atoms with van der Waals surface area (Å²) in [6.45, 7) is 5.68. The van der Waals surface area contributed by atoms with Crippen LogP contribution in [0.2, 0.25) is 0 Å². The van der Waals surface area contributed by atoms with E-state index in [-0.39, 0.29) is 24.3 Å². The van der Waals surface area contributed by atoms with Gasteiger partial charge in [-0.05, 0) is 26.3 Å². The molecule has 0 bridgehead atoms. The van der Waals surface area contributed by atoms with Crippen LogP contribution in [0.25, 0.3) is 0 Å². The predicted octanol–water partition coefficient (Wildman–Crippen LogP) is 2.49. The fourth-order valence-corrected chi connectivity index (χ4v) is 3.35. The summed E-state index contributed by atoms with van der Waals surface area (Å²) >= 11 is 5.98. The summed E-state index contributed by atoms with van der Waals surface area (Å²) in [6.07, 6.45) is 0.0127. The van der Waals surface area contributed by atoms with Gasteiger partial charge in [-0.2, -0.15) is 0 Å². The van der Waals surface area contributed by atoms with Crippen LogP contribution >= 0.6 is 11.6 Å². The van der Waals surface area contributed by atoms with Gasteiger partial charge in [0.25, 0.3) is 0 Å². The maximum atomic E-state index is 12.1. The van der Waals surface area contributed by atoms with E-state index < -0.39 is 15.6 Å². The summed E-state index contributed by atoms with van der Waals surface area (Å²) in [4.78, 5) is 0. The first-order valence-corrected chi connectivity index (χ1v) is 8.72. The third-order valence-electron chi connectivity index (χ3n) is 2.86. The Morgan fingerprint density at radius 1 is 1.30 bits per heavy atom. The van der Waals surface area contributed by atoms with Crippen molar-refractivity contribution in [2.24, 2.45) is 0 Å². The summed E-state index contributed by atoms with van der Waals surface area (Å²) in [5, 5.41) is 0. The molecule has 0 spiro atoms. The van der Waals surface area contributed by atoms with Gasteiger partial charge in [-0.3, -0.25) is 0 Å². The molecule has 0 aliphatic rings. The van der Waals surface area contributed by atoms with Crippen molar-refractivity contribution in [2.75, 3.05) is 18.2 Å². The second-order valence-corrected chi connectivity index (χ2v) is 7.28. The number of hydrogen-bond acceptors (Lipinski definition) is 3. The highest BCUT2D eigenvalue weighted by Crippen LogP contribution is 2.23. The maximum Gasteiger partial charge on any atom is 0.214 e. The fraction of sp³-hybridized carbons (Fsp3) is 0.571. The topological polar surface area (TPSA) is 55.4 Å². The van der Waals surface area contributed by atoms with Crippen LogP contribution < -0.4 is 4.72 Å². The Balaban J connectivity index is 2.77. The predicted molar refractivity (Wildman–Crippen MR) is 82.5 cm³/mol. The minimum atomic E-state index is -3.45. The maximum absolute atomic E-state index is 12.1. The van der Waals surface area contributed by atoms with Crippen molar-refractivity contribution in [1.82, 2.24) is 4.72 Å². The normalized spacial score (nSPS) is 15.2. The summed E-state index contributed by atoms with van der Waals surface area (Å²) < 4.78 is 32.2. The fourth-order valence-electron chi connectivity index (χ4n) is 1.76. The molecule has 1 unspecified atom stereocenters. The number of rotatable bonds is 8. The molecule has 1 atom stereocenters. The van der Waals surface area contributed by atoms with Crippen molar-refractivity contribution < 1.29 is 13.2 Å². The highest BCUT2D eigenvalue weighted by atomic mass is 35.5. The highest BCUT2D eigenvalue weighted by molar-refractivity contribution is 7.89. The monoisotopic (exact) mass is 319 g/mol. The summed E-state index contributed by atoms with van der Waals surface area (Å²) in [7, 11) is -3.45. The first kappa shape index (κ1) is 17.4. The molecule has 1 aromatic carbocycles. The number of hydrogen-bond donors (Lipinski definition) is 1. The van der Waals surface area contributed by atoms with E-state index in [2.05, 4.69) is 4.72 Å². The van der Waals surface area contributed by atoms with E-state index in [1.807, 2.05) is 44.2 Å². The Morgan fingerprint density at radius 2 is 1.90 bits per heavy atom. The van der Waals surface area contributed by atoms with Gasteiger partial charge in [-0.1, -0.05) is 30.3 Å². The van der Waals surface area contributed by atoms with Crippen LogP contribution in [0, 0.1) is 0 Å². The van der Waals surface area contributed by atoms with Crippen LogP contribution in [0.3, 0.4) is 0 Å². The number of alkyl halides is 1. The van der Waals surface area contributed by atoms with E-state index in [9.17, 15) is 8.42 Å². The van der Waals surface area contributed by atoms with Gasteiger partial charge in [0.15, 0.2) is 0 Å². The van der Waals surface area contributed by atoms with Crippen molar-refractivity contribution in [3.8, 4) is 0 Å².